The maximum atomic E-state index is 13.1. The number of anilines is 2. The molecule has 2 atom stereocenters. The average Bonchev–Trinajstić information content (AvgIpc) is 3.62. The van der Waals surface area contributed by atoms with Gasteiger partial charge in [-0.25, -0.2) is 0 Å². The molecule has 14 nitrogen and oxygen atoms in total. The molecule has 1 aliphatic heterocycles. The van der Waals surface area contributed by atoms with Gasteiger partial charge in [-0.2, -0.15) is 0 Å². The number of hydrogen-bond acceptors (Lipinski definition) is 13. The molecule has 0 spiro atoms. The molecule has 1 saturated heterocycles. The van der Waals surface area contributed by atoms with Gasteiger partial charge in [0.2, 0.25) is 0 Å². The highest BCUT2D eigenvalue weighted by Gasteiger charge is 2.24. The van der Waals surface area contributed by atoms with Crippen molar-refractivity contribution in [3.05, 3.63) is 94.6 Å². The summed E-state index contributed by atoms with van der Waals surface area (Å²) in [6.07, 6.45) is 5.43. The van der Waals surface area contributed by atoms with Gasteiger partial charge in [0.1, 0.15) is 35.8 Å². The van der Waals surface area contributed by atoms with E-state index < -0.39 is 0 Å². The van der Waals surface area contributed by atoms with E-state index >= 15 is 0 Å². The summed E-state index contributed by atoms with van der Waals surface area (Å²) >= 11 is 0. The molecule has 0 bridgehead atoms. The highest BCUT2D eigenvalue weighted by molar-refractivity contribution is 6.04. The summed E-state index contributed by atoms with van der Waals surface area (Å²) in [7, 11) is 6.58. The smallest absolute Gasteiger partial charge is 0.307 e. The van der Waals surface area contributed by atoms with Crippen LogP contribution in [0.15, 0.2) is 60.9 Å². The number of nitrogens with one attached hydrogen (secondary N) is 4. The van der Waals surface area contributed by atoms with E-state index in [-0.39, 0.29) is 29.7 Å². The van der Waals surface area contributed by atoms with Crippen molar-refractivity contribution < 1.29 is 38.1 Å². The summed E-state index contributed by atoms with van der Waals surface area (Å²) in [6, 6.07) is 15.1. The second kappa shape index (κ2) is 20.5. The van der Waals surface area contributed by atoms with Crippen molar-refractivity contribution in [2.24, 2.45) is 0 Å². The van der Waals surface area contributed by atoms with Gasteiger partial charge in [0.25, 0.3) is 5.91 Å². The first-order chi connectivity index (χ1) is 26.1. The van der Waals surface area contributed by atoms with Gasteiger partial charge >= 0.3 is 5.97 Å². The Morgan fingerprint density at radius 2 is 1.57 bits per heavy atom. The van der Waals surface area contributed by atoms with Gasteiger partial charge in [0.15, 0.2) is 6.29 Å². The minimum absolute atomic E-state index is 0.0390. The first-order valence-corrected chi connectivity index (χ1v) is 17.4. The zero-order valence-corrected chi connectivity index (χ0v) is 31.5. The average molecular weight is 741 g/mol. The molecule has 4 aromatic rings. The van der Waals surface area contributed by atoms with Crippen molar-refractivity contribution in [3.63, 3.8) is 0 Å². The number of pyridine rings is 2. The monoisotopic (exact) mass is 740 g/mol. The Bertz CT molecular complexity index is 1920. The van der Waals surface area contributed by atoms with Gasteiger partial charge in [-0.3, -0.25) is 24.4 Å². The number of amides is 1. The highest BCUT2D eigenvalue weighted by atomic mass is 16.5. The van der Waals surface area contributed by atoms with Crippen LogP contribution in [0.1, 0.15) is 56.1 Å². The Morgan fingerprint density at radius 3 is 2.19 bits per heavy atom. The lowest BCUT2D eigenvalue weighted by molar-refractivity contribution is -0.137. The number of benzene rings is 2. The fraction of sp³-hybridized carbons (Fsp3) is 0.350. The largest absolute Gasteiger partial charge is 0.496 e. The van der Waals surface area contributed by atoms with E-state index in [0.717, 1.165) is 51.0 Å². The third kappa shape index (κ3) is 10.9. The Hall–Kier alpha value is -5.70. The number of carbonyl (C=O) groups is 4. The second-order valence-electron chi connectivity index (χ2n) is 12.5. The predicted molar refractivity (Wildman–Crippen MR) is 205 cm³/mol. The quantitative estimate of drug-likeness (QED) is 0.0868. The number of aldehydes is 2. The summed E-state index contributed by atoms with van der Waals surface area (Å²) in [5, 5.41) is 12.7. The number of rotatable bonds is 17. The van der Waals surface area contributed by atoms with Crippen LogP contribution in [-0.4, -0.2) is 88.1 Å². The molecule has 2 aromatic carbocycles. The van der Waals surface area contributed by atoms with Gasteiger partial charge in [0.05, 0.1) is 33.3 Å². The lowest BCUT2D eigenvalue weighted by Crippen LogP contribution is -2.33. The number of methoxy groups -OCH3 is 3. The van der Waals surface area contributed by atoms with Crippen molar-refractivity contribution in [3.8, 4) is 22.6 Å². The first-order valence-electron chi connectivity index (χ1n) is 17.4. The molecule has 0 saturated carbocycles. The highest BCUT2D eigenvalue weighted by Crippen LogP contribution is 2.34. The van der Waals surface area contributed by atoms with E-state index in [2.05, 4.69) is 50.3 Å². The van der Waals surface area contributed by atoms with E-state index in [1.54, 1.807) is 38.7 Å². The van der Waals surface area contributed by atoms with Crippen molar-refractivity contribution in [2.75, 3.05) is 52.2 Å². The summed E-state index contributed by atoms with van der Waals surface area (Å²) in [5.41, 5.74) is 8.25. The number of cyclic esters (lactones) is 1. The van der Waals surface area contributed by atoms with Crippen LogP contribution in [0.3, 0.4) is 0 Å². The van der Waals surface area contributed by atoms with E-state index in [9.17, 15) is 19.2 Å². The molecule has 4 N–H and O–H groups in total. The minimum Gasteiger partial charge on any atom is -0.496 e. The molecule has 0 aliphatic carbocycles. The van der Waals surface area contributed by atoms with Crippen LogP contribution in [0.5, 0.6) is 11.5 Å². The van der Waals surface area contributed by atoms with Crippen molar-refractivity contribution in [1.29, 1.82) is 0 Å². The van der Waals surface area contributed by atoms with Crippen LogP contribution >= 0.6 is 0 Å². The predicted octanol–water partition coefficient (Wildman–Crippen LogP) is 4.67. The maximum absolute atomic E-state index is 13.1. The number of esters is 1. The topological polar surface area (TPSA) is 179 Å². The fourth-order valence-corrected chi connectivity index (χ4v) is 5.91. The number of carbonyl (C=O) groups excluding carboxylic acids is 4. The molecule has 14 heteroatoms. The summed E-state index contributed by atoms with van der Waals surface area (Å²) < 4.78 is 20.7. The molecule has 1 amide bonds. The fourth-order valence-electron chi connectivity index (χ4n) is 5.91. The van der Waals surface area contributed by atoms with E-state index in [4.69, 9.17) is 18.9 Å². The maximum Gasteiger partial charge on any atom is 0.307 e. The van der Waals surface area contributed by atoms with E-state index in [0.29, 0.717) is 62.6 Å². The zero-order valence-electron chi connectivity index (χ0n) is 31.5. The van der Waals surface area contributed by atoms with Gasteiger partial charge in [0, 0.05) is 86.7 Å². The third-order valence-electron chi connectivity index (χ3n) is 8.95. The van der Waals surface area contributed by atoms with Gasteiger partial charge in [-0.15, -0.1) is 0 Å². The SMILES string of the molecule is CNc1cccc(-c2cccc(NC(=O)c3cc(OC)c(CNC4COC(=O)C4)cn3)c2C)c1C.COCC(CC=O)NCc1cnc(C=O)cc1OC. The summed E-state index contributed by atoms with van der Waals surface area (Å²) in [6.45, 7) is 5.81. The van der Waals surface area contributed by atoms with E-state index in [1.165, 1.54) is 7.11 Å². The number of aromatic nitrogens is 2. The lowest BCUT2D eigenvalue weighted by Gasteiger charge is -2.16. The number of ether oxygens (including phenoxy) is 4. The number of nitrogens with zero attached hydrogens (tertiary/aromatic N) is 2. The van der Waals surface area contributed by atoms with Gasteiger partial charge in [-0.1, -0.05) is 24.3 Å². The minimum atomic E-state index is -0.321. The molecule has 5 rings (SSSR count). The molecule has 1 fully saturated rings. The van der Waals surface area contributed by atoms with Gasteiger partial charge < -0.3 is 45.0 Å². The Labute approximate surface area is 315 Å². The molecule has 54 heavy (non-hydrogen) atoms. The number of hydrogen-bond donors (Lipinski definition) is 4. The van der Waals surface area contributed by atoms with E-state index in [1.807, 2.05) is 38.2 Å². The van der Waals surface area contributed by atoms with Crippen LogP contribution in [0.25, 0.3) is 11.1 Å². The van der Waals surface area contributed by atoms with Crippen LogP contribution in [0.4, 0.5) is 11.4 Å². The molecular formula is C40H48N6O8. The summed E-state index contributed by atoms with van der Waals surface area (Å²) in [5.74, 6) is 0.613. The second-order valence-corrected chi connectivity index (χ2v) is 12.5. The molecule has 1 aliphatic rings. The Morgan fingerprint density at radius 1 is 0.926 bits per heavy atom. The molecule has 2 unspecified atom stereocenters. The Kier molecular flexibility index (Phi) is 15.6. The summed E-state index contributed by atoms with van der Waals surface area (Å²) in [4.78, 5) is 53.8. The normalized spacial score (nSPS) is 13.9. The Balaban J connectivity index is 0.000000290. The van der Waals surface area contributed by atoms with Crippen molar-refractivity contribution in [1.82, 2.24) is 20.6 Å². The molecule has 0 radical (unpaired) electrons. The van der Waals surface area contributed by atoms with Gasteiger partial charge in [-0.05, 0) is 48.2 Å². The lowest BCUT2D eigenvalue weighted by atomic mass is 9.94. The van der Waals surface area contributed by atoms with Crippen LogP contribution in [0.2, 0.25) is 0 Å². The van der Waals surface area contributed by atoms with Crippen molar-refractivity contribution in [2.45, 2.75) is 51.9 Å². The van der Waals surface area contributed by atoms with Crippen LogP contribution < -0.4 is 30.7 Å². The first kappa shape index (κ1) is 41.1. The molecule has 3 heterocycles. The van der Waals surface area contributed by atoms with Crippen LogP contribution in [-0.2, 0) is 32.2 Å². The van der Waals surface area contributed by atoms with Crippen molar-refractivity contribution >= 4 is 35.8 Å². The molecule has 286 valence electrons. The molecular weight excluding hydrogens is 692 g/mol. The third-order valence-corrected chi connectivity index (χ3v) is 8.95. The van der Waals surface area contributed by atoms with Crippen LogP contribution in [0, 0.1) is 13.8 Å². The zero-order chi connectivity index (χ0) is 39.0. The standard InChI is InChI=1S/C27H30N4O4.C13H18N2O4/c1-16-20(7-5-9-22(16)28-3)21-8-6-10-23(17(21)2)31-27(33)24-12-25(34-4)18(14-30-24)13-29-19-11-26(32)35-15-19;1-18-9-11(3-4-16)14-6-10-7-15-12(8-17)5-13(10)19-2/h5-10,12,14,19,28-29H,11,13,15H2,1-4H3,(H,31,33);4-5,7-8,11,14H,3,6,9H2,1-2H3. The molecule has 2 aromatic heterocycles.